The molecule has 0 fully saturated rings. The van der Waals surface area contributed by atoms with Crippen LogP contribution in [0.5, 0.6) is 0 Å². The Kier molecular flexibility index (Phi) is 4.87. The monoisotopic (exact) mass is 183 g/mol. The molecule has 70 valence electrons. The van der Waals surface area contributed by atoms with E-state index in [-0.39, 0.29) is 5.69 Å². The summed E-state index contributed by atoms with van der Waals surface area (Å²) >= 11 is 0. The lowest BCUT2D eigenvalue weighted by Crippen LogP contribution is -1.84. The maximum Gasteiger partial charge on any atom is 0.300 e. The zero-order valence-electron chi connectivity index (χ0n) is 7.01. The summed E-state index contributed by atoms with van der Waals surface area (Å²) < 4.78 is 0. The van der Waals surface area contributed by atoms with Gasteiger partial charge in [0.05, 0.1) is 4.92 Å². The number of benzene rings is 1. The molecule has 0 aliphatic heterocycles. The fraction of sp³-hybridized carbons (Fsp3) is 0.125. The van der Waals surface area contributed by atoms with E-state index >= 15 is 0 Å². The molecule has 0 saturated carbocycles. The van der Waals surface area contributed by atoms with E-state index in [2.05, 4.69) is 0 Å². The van der Waals surface area contributed by atoms with Crippen molar-refractivity contribution in [3.63, 3.8) is 0 Å². The number of para-hydroxylation sites is 1. The average Bonchev–Trinajstić information content (AvgIpc) is 2.05. The highest BCUT2D eigenvalue weighted by Crippen LogP contribution is 2.06. The van der Waals surface area contributed by atoms with Gasteiger partial charge in [0, 0.05) is 19.1 Å². The third-order valence-electron chi connectivity index (χ3n) is 0.967. The molecular formula is C8H9NO4. The zero-order valence-corrected chi connectivity index (χ0v) is 7.01. The lowest BCUT2D eigenvalue weighted by atomic mass is 10.3. The normalized spacial score (nSPS) is 8.08. The summed E-state index contributed by atoms with van der Waals surface area (Å²) in [6, 6.07) is 7.93. The Morgan fingerprint density at radius 1 is 1.38 bits per heavy atom. The van der Waals surface area contributed by atoms with E-state index in [0.29, 0.717) is 0 Å². The summed E-state index contributed by atoms with van der Waals surface area (Å²) in [5, 5.41) is 17.4. The van der Waals surface area contributed by atoms with Gasteiger partial charge in [0.1, 0.15) is 0 Å². The first-order valence-corrected chi connectivity index (χ1v) is 3.43. The average molecular weight is 183 g/mol. The van der Waals surface area contributed by atoms with Crippen molar-refractivity contribution in [2.75, 3.05) is 0 Å². The molecule has 0 aliphatic carbocycles. The van der Waals surface area contributed by atoms with E-state index in [0.717, 1.165) is 6.92 Å². The van der Waals surface area contributed by atoms with Crippen LogP contribution in [0, 0.1) is 10.1 Å². The van der Waals surface area contributed by atoms with Crippen molar-refractivity contribution >= 4 is 11.7 Å². The number of nitro benzene ring substituents is 1. The van der Waals surface area contributed by atoms with Crippen LogP contribution < -0.4 is 0 Å². The van der Waals surface area contributed by atoms with Gasteiger partial charge in [0.2, 0.25) is 0 Å². The smallest absolute Gasteiger partial charge is 0.300 e. The van der Waals surface area contributed by atoms with Gasteiger partial charge in [-0.15, -0.1) is 0 Å². The summed E-state index contributed by atoms with van der Waals surface area (Å²) in [7, 11) is 0. The van der Waals surface area contributed by atoms with Crippen LogP contribution in [0.2, 0.25) is 0 Å². The van der Waals surface area contributed by atoms with Crippen LogP contribution in [0.4, 0.5) is 5.69 Å². The van der Waals surface area contributed by atoms with Crippen LogP contribution in [0.3, 0.4) is 0 Å². The molecule has 0 spiro atoms. The maximum atomic E-state index is 10.0. The maximum absolute atomic E-state index is 10.0. The molecule has 5 heteroatoms. The minimum absolute atomic E-state index is 0.137. The third kappa shape index (κ3) is 6.49. The van der Waals surface area contributed by atoms with E-state index in [9.17, 15) is 10.1 Å². The van der Waals surface area contributed by atoms with E-state index in [1.807, 2.05) is 0 Å². The second kappa shape index (κ2) is 5.70. The van der Waals surface area contributed by atoms with Crippen molar-refractivity contribution < 1.29 is 14.8 Å². The predicted molar refractivity (Wildman–Crippen MR) is 46.4 cm³/mol. The van der Waals surface area contributed by atoms with E-state index in [4.69, 9.17) is 9.90 Å². The largest absolute Gasteiger partial charge is 0.481 e. The number of hydrogen-bond donors (Lipinski definition) is 1. The number of hydrogen-bond acceptors (Lipinski definition) is 3. The fourth-order valence-electron chi connectivity index (χ4n) is 0.550. The van der Waals surface area contributed by atoms with E-state index < -0.39 is 10.9 Å². The van der Waals surface area contributed by atoms with Crippen LogP contribution in [0.15, 0.2) is 30.3 Å². The Balaban J connectivity index is 0.000000310. The molecule has 1 aromatic carbocycles. The molecule has 0 aromatic heterocycles. The molecule has 0 bridgehead atoms. The van der Waals surface area contributed by atoms with Crippen LogP contribution in [0.1, 0.15) is 6.92 Å². The van der Waals surface area contributed by atoms with Gasteiger partial charge in [-0.25, -0.2) is 0 Å². The number of aliphatic carboxylic acids is 1. The minimum atomic E-state index is -0.833. The van der Waals surface area contributed by atoms with Gasteiger partial charge >= 0.3 is 0 Å². The Hall–Kier alpha value is -1.91. The highest BCUT2D eigenvalue weighted by Gasteiger charge is 1.98. The molecule has 0 amide bonds. The van der Waals surface area contributed by atoms with E-state index in [1.165, 1.54) is 12.1 Å². The van der Waals surface area contributed by atoms with Gasteiger partial charge in [-0.3, -0.25) is 14.9 Å². The summed E-state index contributed by atoms with van der Waals surface area (Å²) in [5.74, 6) is -0.833. The van der Waals surface area contributed by atoms with Crippen molar-refractivity contribution in [1.82, 2.24) is 0 Å². The summed E-state index contributed by atoms with van der Waals surface area (Å²) in [5.41, 5.74) is 0.137. The van der Waals surface area contributed by atoms with Gasteiger partial charge < -0.3 is 5.11 Å². The van der Waals surface area contributed by atoms with Crippen molar-refractivity contribution in [3.8, 4) is 0 Å². The number of nitro groups is 1. The van der Waals surface area contributed by atoms with Crippen LogP contribution in [-0.4, -0.2) is 16.0 Å². The molecule has 1 N–H and O–H groups in total. The highest BCUT2D eigenvalue weighted by atomic mass is 16.6. The molecule has 0 radical (unpaired) electrons. The zero-order chi connectivity index (χ0) is 10.3. The van der Waals surface area contributed by atoms with Crippen LogP contribution in [-0.2, 0) is 4.79 Å². The summed E-state index contributed by atoms with van der Waals surface area (Å²) in [4.78, 5) is 18.6. The Bertz CT molecular complexity index is 279. The topological polar surface area (TPSA) is 80.4 Å². The predicted octanol–water partition coefficient (Wildman–Crippen LogP) is 1.69. The molecule has 0 heterocycles. The van der Waals surface area contributed by atoms with Gasteiger partial charge in [0.25, 0.3) is 11.7 Å². The number of nitrogens with zero attached hydrogens (tertiary/aromatic N) is 1. The van der Waals surface area contributed by atoms with Crippen molar-refractivity contribution in [3.05, 3.63) is 40.4 Å². The quantitative estimate of drug-likeness (QED) is 0.530. The number of carboxylic acids is 1. The first kappa shape index (κ1) is 11.1. The van der Waals surface area contributed by atoms with Crippen LogP contribution >= 0.6 is 0 Å². The van der Waals surface area contributed by atoms with Gasteiger partial charge in [-0.1, -0.05) is 18.2 Å². The molecule has 0 aliphatic rings. The van der Waals surface area contributed by atoms with Gasteiger partial charge in [-0.05, 0) is 0 Å². The molecule has 13 heavy (non-hydrogen) atoms. The number of rotatable bonds is 1. The first-order valence-electron chi connectivity index (χ1n) is 3.43. The molecule has 1 rings (SSSR count). The van der Waals surface area contributed by atoms with E-state index in [1.54, 1.807) is 18.2 Å². The third-order valence-corrected chi connectivity index (χ3v) is 0.967. The number of non-ortho nitro benzene ring substituents is 1. The Morgan fingerprint density at radius 3 is 2.00 bits per heavy atom. The summed E-state index contributed by atoms with van der Waals surface area (Å²) in [6.07, 6.45) is 0. The van der Waals surface area contributed by atoms with Gasteiger partial charge in [-0.2, -0.15) is 0 Å². The number of carbonyl (C=O) groups is 1. The lowest BCUT2D eigenvalue weighted by molar-refractivity contribution is -0.384. The molecule has 1 aromatic rings. The second-order valence-electron chi connectivity index (χ2n) is 2.11. The Morgan fingerprint density at radius 2 is 1.77 bits per heavy atom. The standard InChI is InChI=1S/C6H5NO2.C2H4O2/c8-7(9)6-4-2-1-3-5-6;1-2(3)4/h1-5H;1H3,(H,3,4). The summed E-state index contributed by atoms with van der Waals surface area (Å²) in [6.45, 7) is 1.08. The minimum Gasteiger partial charge on any atom is -0.481 e. The molecule has 5 nitrogen and oxygen atoms in total. The second-order valence-corrected chi connectivity index (χ2v) is 2.11. The fourth-order valence-corrected chi connectivity index (χ4v) is 0.550. The lowest BCUT2D eigenvalue weighted by Gasteiger charge is -1.85. The Labute approximate surface area is 74.8 Å². The SMILES string of the molecule is CC(=O)O.O=[N+]([O-])c1ccccc1. The molecule has 0 atom stereocenters. The van der Waals surface area contributed by atoms with Crippen molar-refractivity contribution in [2.45, 2.75) is 6.92 Å². The van der Waals surface area contributed by atoms with Crippen LogP contribution in [0.25, 0.3) is 0 Å². The number of carboxylic acid groups (broad SMARTS) is 1. The van der Waals surface area contributed by atoms with Gasteiger partial charge in [0.15, 0.2) is 0 Å². The molecular weight excluding hydrogens is 174 g/mol. The first-order chi connectivity index (χ1) is 6.04. The molecule has 0 unspecified atom stereocenters. The molecule has 0 saturated heterocycles. The van der Waals surface area contributed by atoms with Crippen molar-refractivity contribution in [2.24, 2.45) is 0 Å². The van der Waals surface area contributed by atoms with Crippen molar-refractivity contribution in [1.29, 1.82) is 0 Å². The highest BCUT2D eigenvalue weighted by molar-refractivity contribution is 5.62.